The van der Waals surface area contributed by atoms with Crippen LogP contribution < -0.4 is 0 Å². The van der Waals surface area contributed by atoms with Gasteiger partial charge in [-0.05, 0) is 87.7 Å². The van der Waals surface area contributed by atoms with Gasteiger partial charge < -0.3 is 10.1 Å². The van der Waals surface area contributed by atoms with Gasteiger partial charge in [-0.1, -0.05) is 55.8 Å². The zero-order chi connectivity index (χ0) is 21.5. The average molecular weight is 406 g/mol. The van der Waals surface area contributed by atoms with E-state index in [1.165, 1.54) is 27.6 Å². The van der Waals surface area contributed by atoms with Crippen molar-refractivity contribution in [3.63, 3.8) is 0 Å². The molecule has 1 aromatic heterocycles. The summed E-state index contributed by atoms with van der Waals surface area (Å²) in [7, 11) is 0. The van der Waals surface area contributed by atoms with Gasteiger partial charge in [-0.25, -0.2) is 0 Å². The molecule has 30 heavy (non-hydrogen) atoms. The number of fused-ring (bicyclic) bond motifs is 2. The van der Waals surface area contributed by atoms with Crippen molar-refractivity contribution in [2.75, 3.05) is 0 Å². The number of hydrogen-bond acceptors (Lipinski definition) is 1. The van der Waals surface area contributed by atoms with Crippen LogP contribution in [0.4, 0.5) is 0 Å². The topological polar surface area (TPSA) is 36.0 Å². The largest absolute Gasteiger partial charge is 0.393 e. The van der Waals surface area contributed by atoms with Crippen LogP contribution in [0, 0.1) is 22.7 Å². The smallest absolute Gasteiger partial charge is 0.0607 e. The molecule has 2 N–H and O–H groups in total. The van der Waals surface area contributed by atoms with Crippen LogP contribution in [0.2, 0.25) is 0 Å². The summed E-state index contributed by atoms with van der Waals surface area (Å²) in [5, 5.41) is 13.0. The molecule has 0 aliphatic heterocycles. The predicted octanol–water partition coefficient (Wildman–Crippen LogP) is 7.21. The van der Waals surface area contributed by atoms with E-state index in [1.807, 2.05) is 0 Å². The van der Waals surface area contributed by atoms with Crippen LogP contribution in [-0.2, 0) is 6.42 Å². The first kappa shape index (κ1) is 21.4. The van der Waals surface area contributed by atoms with Crippen LogP contribution in [0.5, 0.6) is 0 Å². The number of H-pyrrole nitrogens is 1. The maximum Gasteiger partial charge on any atom is 0.0607 e. The van der Waals surface area contributed by atoms with Gasteiger partial charge in [-0.3, -0.25) is 0 Å². The number of aliphatic hydroxyl groups is 1. The lowest BCUT2D eigenvalue weighted by Gasteiger charge is -2.64. The van der Waals surface area contributed by atoms with Gasteiger partial charge in [0, 0.05) is 22.5 Å². The Hall–Kier alpha value is -1.80. The fraction of sp³-hybridized carbons (Fsp3) is 0.571. The van der Waals surface area contributed by atoms with E-state index in [0.717, 1.165) is 44.9 Å². The highest BCUT2D eigenvalue weighted by molar-refractivity contribution is 5.83. The second-order valence-electron chi connectivity index (χ2n) is 10.5. The standard InChI is InChI=1S/C28H39NO/c1-19(2)9-8-15-28-24(17-22-18-29-25-11-7-6-10-23(22)25)20(3)14-16-27(28,5)21(4)12-13-26(28)30/h6-7,9-11,18,21,24,26,29-30H,3,8,12-17H2,1-2,4-5H3. The van der Waals surface area contributed by atoms with Crippen LogP contribution in [-0.4, -0.2) is 16.2 Å². The van der Waals surface area contributed by atoms with Gasteiger partial charge >= 0.3 is 0 Å². The number of aliphatic hydroxyl groups excluding tert-OH is 1. The van der Waals surface area contributed by atoms with E-state index in [0.29, 0.717) is 11.8 Å². The van der Waals surface area contributed by atoms with E-state index >= 15 is 0 Å². The summed E-state index contributed by atoms with van der Waals surface area (Å²) in [5.41, 5.74) is 5.33. The molecule has 2 saturated carbocycles. The second-order valence-corrected chi connectivity index (χ2v) is 10.5. The number of hydrogen-bond donors (Lipinski definition) is 2. The predicted molar refractivity (Wildman–Crippen MR) is 127 cm³/mol. The molecule has 1 heterocycles. The van der Waals surface area contributed by atoms with Gasteiger partial charge in [0.2, 0.25) is 0 Å². The van der Waals surface area contributed by atoms with Gasteiger partial charge in [0.05, 0.1) is 6.10 Å². The summed E-state index contributed by atoms with van der Waals surface area (Å²) in [4.78, 5) is 3.46. The summed E-state index contributed by atoms with van der Waals surface area (Å²) in [5.74, 6) is 0.949. The van der Waals surface area contributed by atoms with E-state index < -0.39 is 0 Å². The summed E-state index contributed by atoms with van der Waals surface area (Å²) < 4.78 is 0. The van der Waals surface area contributed by atoms with E-state index in [-0.39, 0.29) is 16.9 Å². The van der Waals surface area contributed by atoms with Crippen LogP contribution in [0.15, 0.2) is 54.3 Å². The lowest BCUT2D eigenvalue weighted by atomic mass is 9.40. The molecule has 0 bridgehead atoms. The number of aromatic amines is 1. The molecule has 2 fully saturated rings. The monoisotopic (exact) mass is 405 g/mol. The van der Waals surface area contributed by atoms with Crippen LogP contribution >= 0.6 is 0 Å². The fourth-order valence-corrected chi connectivity index (χ4v) is 6.96. The van der Waals surface area contributed by atoms with Crippen molar-refractivity contribution < 1.29 is 5.11 Å². The Labute approximate surface area is 182 Å². The van der Waals surface area contributed by atoms with E-state index in [9.17, 15) is 5.11 Å². The molecule has 5 unspecified atom stereocenters. The van der Waals surface area contributed by atoms with Crippen LogP contribution in [0.1, 0.15) is 71.8 Å². The SMILES string of the molecule is C=C1CCC2(C)C(C)CCC(O)C2(CCC=C(C)C)C1Cc1c[nH]c2ccccc12. The number of rotatable bonds is 5. The van der Waals surface area contributed by atoms with Crippen molar-refractivity contribution in [3.05, 3.63) is 59.8 Å². The first-order chi connectivity index (χ1) is 14.3. The average Bonchev–Trinajstić information content (AvgIpc) is 3.12. The van der Waals surface area contributed by atoms with Gasteiger partial charge in [0.15, 0.2) is 0 Å². The second kappa shape index (κ2) is 8.04. The molecule has 2 aliphatic carbocycles. The number of para-hydroxylation sites is 1. The zero-order valence-electron chi connectivity index (χ0n) is 19.3. The first-order valence-electron chi connectivity index (χ1n) is 11.8. The molecule has 0 amide bonds. The normalized spacial score (nSPS) is 34.0. The molecular formula is C28H39NO. The molecule has 0 spiro atoms. The lowest BCUT2D eigenvalue weighted by molar-refractivity contribution is -0.179. The number of aromatic nitrogens is 1. The molecule has 0 radical (unpaired) electrons. The van der Waals surface area contributed by atoms with Crippen molar-refractivity contribution in [2.45, 2.75) is 78.7 Å². The Balaban J connectivity index is 1.80. The summed E-state index contributed by atoms with van der Waals surface area (Å²) >= 11 is 0. The molecule has 4 rings (SSSR count). The van der Waals surface area contributed by atoms with Gasteiger partial charge in [0.25, 0.3) is 0 Å². The first-order valence-corrected chi connectivity index (χ1v) is 11.8. The van der Waals surface area contributed by atoms with E-state index in [1.54, 1.807) is 0 Å². The summed E-state index contributed by atoms with van der Waals surface area (Å²) in [6.07, 6.45) is 11.7. The third-order valence-corrected chi connectivity index (χ3v) is 8.91. The van der Waals surface area contributed by atoms with Gasteiger partial charge in [-0.2, -0.15) is 0 Å². The van der Waals surface area contributed by atoms with Crippen LogP contribution in [0.25, 0.3) is 10.9 Å². The quantitative estimate of drug-likeness (QED) is 0.507. The molecule has 0 saturated heterocycles. The summed E-state index contributed by atoms with van der Waals surface area (Å²) in [6.45, 7) is 13.9. The minimum atomic E-state index is -0.253. The molecule has 2 heteroatoms. The lowest BCUT2D eigenvalue weighted by Crippen LogP contribution is -2.61. The summed E-state index contributed by atoms with van der Waals surface area (Å²) in [6, 6.07) is 8.59. The van der Waals surface area contributed by atoms with E-state index in [2.05, 4.69) is 75.8 Å². The Kier molecular flexibility index (Phi) is 5.74. The van der Waals surface area contributed by atoms with Crippen molar-refractivity contribution in [1.29, 1.82) is 0 Å². The zero-order valence-corrected chi connectivity index (χ0v) is 19.3. The highest BCUT2D eigenvalue weighted by Crippen LogP contribution is 2.66. The Morgan fingerprint density at radius 3 is 2.80 bits per heavy atom. The maximum absolute atomic E-state index is 11.7. The fourth-order valence-electron chi connectivity index (χ4n) is 6.96. The maximum atomic E-state index is 11.7. The van der Waals surface area contributed by atoms with Gasteiger partial charge in [0.1, 0.15) is 0 Å². The molecule has 2 nitrogen and oxygen atoms in total. The number of benzene rings is 1. The van der Waals surface area contributed by atoms with Crippen molar-refractivity contribution in [3.8, 4) is 0 Å². The number of allylic oxidation sites excluding steroid dienone is 3. The Morgan fingerprint density at radius 2 is 2.03 bits per heavy atom. The Morgan fingerprint density at radius 1 is 1.27 bits per heavy atom. The van der Waals surface area contributed by atoms with Crippen molar-refractivity contribution in [2.24, 2.45) is 22.7 Å². The Bertz CT molecular complexity index is 948. The van der Waals surface area contributed by atoms with Crippen molar-refractivity contribution in [1.82, 2.24) is 4.98 Å². The molecule has 1 aromatic carbocycles. The highest BCUT2D eigenvalue weighted by Gasteiger charge is 2.62. The van der Waals surface area contributed by atoms with E-state index in [4.69, 9.17) is 0 Å². The molecule has 2 aromatic rings. The third kappa shape index (κ3) is 3.28. The minimum Gasteiger partial charge on any atom is -0.393 e. The van der Waals surface area contributed by atoms with Gasteiger partial charge in [-0.15, -0.1) is 0 Å². The number of nitrogens with one attached hydrogen (secondary N) is 1. The van der Waals surface area contributed by atoms with Crippen molar-refractivity contribution >= 4 is 10.9 Å². The molecule has 5 atom stereocenters. The molecule has 162 valence electrons. The molecular weight excluding hydrogens is 366 g/mol. The van der Waals surface area contributed by atoms with Crippen LogP contribution in [0.3, 0.4) is 0 Å². The third-order valence-electron chi connectivity index (χ3n) is 8.91. The highest BCUT2D eigenvalue weighted by atomic mass is 16.3. The minimum absolute atomic E-state index is 0.107. The molecule has 2 aliphatic rings.